The lowest BCUT2D eigenvalue weighted by Crippen LogP contribution is -2.40. The fourth-order valence-electron chi connectivity index (χ4n) is 2.68. The molecule has 1 aromatic carbocycles. The maximum absolute atomic E-state index is 12.3. The molecule has 0 radical (unpaired) electrons. The molecule has 158 valence electrons. The van der Waals surface area contributed by atoms with E-state index in [-0.39, 0.29) is 31.2 Å². The van der Waals surface area contributed by atoms with Crippen LogP contribution in [0.1, 0.15) is 20.8 Å². The third kappa shape index (κ3) is 5.05. The Labute approximate surface area is 169 Å². The van der Waals surface area contributed by atoms with Gasteiger partial charge >= 0.3 is 17.9 Å². The summed E-state index contributed by atoms with van der Waals surface area (Å²) in [5.41, 5.74) is -0.491. The summed E-state index contributed by atoms with van der Waals surface area (Å²) in [6.45, 7) is 5.17. The first-order valence-electron chi connectivity index (χ1n) is 8.96. The first-order chi connectivity index (χ1) is 13.7. The molecule has 0 aliphatic carbocycles. The van der Waals surface area contributed by atoms with Gasteiger partial charge in [-0.15, -0.1) is 0 Å². The number of hydrogen-bond donors (Lipinski definition) is 0. The van der Waals surface area contributed by atoms with Crippen molar-refractivity contribution in [1.82, 2.24) is 0 Å². The highest BCUT2D eigenvalue weighted by Gasteiger charge is 2.33. The third-order valence-electron chi connectivity index (χ3n) is 4.12. The number of esters is 3. The van der Waals surface area contributed by atoms with Gasteiger partial charge in [0.25, 0.3) is 0 Å². The summed E-state index contributed by atoms with van der Waals surface area (Å²) >= 11 is 0. The fourth-order valence-corrected chi connectivity index (χ4v) is 2.68. The highest BCUT2D eigenvalue weighted by molar-refractivity contribution is 6.03. The van der Waals surface area contributed by atoms with E-state index in [1.807, 2.05) is 0 Å². The average Bonchev–Trinajstić information content (AvgIpc) is 2.72. The van der Waals surface area contributed by atoms with Gasteiger partial charge in [0.05, 0.1) is 33.0 Å². The summed E-state index contributed by atoms with van der Waals surface area (Å²) in [6.07, 6.45) is 0. The second-order valence-corrected chi connectivity index (χ2v) is 6.54. The van der Waals surface area contributed by atoms with Gasteiger partial charge in [-0.25, -0.2) is 14.4 Å². The maximum atomic E-state index is 12.3. The van der Waals surface area contributed by atoms with Gasteiger partial charge in [0.15, 0.2) is 5.60 Å². The highest BCUT2D eigenvalue weighted by Crippen LogP contribution is 2.29. The molecule has 0 spiro atoms. The number of carbonyl (C=O) groups excluding carboxylic acids is 3. The topological polar surface area (TPSA) is 101 Å². The Morgan fingerprint density at radius 2 is 1.69 bits per heavy atom. The van der Waals surface area contributed by atoms with Crippen molar-refractivity contribution in [3.8, 4) is 5.75 Å². The van der Waals surface area contributed by atoms with Gasteiger partial charge in [0.2, 0.25) is 0 Å². The molecule has 0 N–H and O–H groups in total. The van der Waals surface area contributed by atoms with Crippen LogP contribution in [0.5, 0.6) is 5.75 Å². The number of benzene rings is 1. The Kier molecular flexibility index (Phi) is 7.22. The molecule has 1 aromatic rings. The Morgan fingerprint density at radius 1 is 1.07 bits per heavy atom. The van der Waals surface area contributed by atoms with Gasteiger partial charge < -0.3 is 28.6 Å². The molecule has 0 atom stereocenters. The van der Waals surface area contributed by atoms with Crippen LogP contribution in [0.2, 0.25) is 0 Å². The van der Waals surface area contributed by atoms with E-state index in [1.54, 1.807) is 45.0 Å². The van der Waals surface area contributed by atoms with Crippen molar-refractivity contribution in [2.45, 2.75) is 26.4 Å². The highest BCUT2D eigenvalue weighted by atomic mass is 16.6. The molecule has 9 heteroatoms. The Balaban J connectivity index is 2.31. The zero-order valence-electron chi connectivity index (χ0n) is 17.1. The second-order valence-electron chi connectivity index (χ2n) is 6.54. The molecule has 29 heavy (non-hydrogen) atoms. The van der Waals surface area contributed by atoms with E-state index < -0.39 is 23.5 Å². The molecule has 0 amide bonds. The molecule has 2 rings (SSSR count). The van der Waals surface area contributed by atoms with E-state index in [9.17, 15) is 14.4 Å². The number of anilines is 1. The van der Waals surface area contributed by atoms with Crippen molar-refractivity contribution in [1.29, 1.82) is 0 Å². The van der Waals surface area contributed by atoms with E-state index in [2.05, 4.69) is 0 Å². The Bertz CT molecular complexity index is 797. The van der Waals surface area contributed by atoms with Crippen LogP contribution in [0.4, 0.5) is 5.69 Å². The van der Waals surface area contributed by atoms with E-state index >= 15 is 0 Å². The van der Waals surface area contributed by atoms with E-state index in [0.29, 0.717) is 11.4 Å². The minimum Gasteiger partial charge on any atom is -0.476 e. The SMILES string of the molecule is CCOC(=O)C(C)(C)Oc1ccc(N2COCC(C(=O)OC)=C2C(=O)OC)cc1. The first kappa shape index (κ1) is 22.2. The molecule has 0 fully saturated rings. The predicted octanol–water partition coefficient (Wildman–Crippen LogP) is 1.80. The molecule has 0 unspecified atom stereocenters. The van der Waals surface area contributed by atoms with E-state index in [4.69, 9.17) is 23.7 Å². The van der Waals surface area contributed by atoms with Crippen molar-refractivity contribution in [3.05, 3.63) is 35.5 Å². The summed E-state index contributed by atoms with van der Waals surface area (Å²) in [5, 5.41) is 0. The molecule has 0 saturated heterocycles. The number of ether oxygens (including phenoxy) is 5. The average molecular weight is 407 g/mol. The van der Waals surface area contributed by atoms with Crippen molar-refractivity contribution in [3.63, 3.8) is 0 Å². The summed E-state index contributed by atoms with van der Waals surface area (Å²) in [5.74, 6) is -1.41. The van der Waals surface area contributed by atoms with Gasteiger partial charge in [-0.2, -0.15) is 0 Å². The number of nitrogens with zero attached hydrogens (tertiary/aromatic N) is 1. The van der Waals surface area contributed by atoms with Gasteiger partial charge in [-0.3, -0.25) is 0 Å². The lowest BCUT2D eigenvalue weighted by Gasteiger charge is -2.31. The third-order valence-corrected chi connectivity index (χ3v) is 4.12. The van der Waals surface area contributed by atoms with E-state index in [1.165, 1.54) is 19.1 Å². The Hall–Kier alpha value is -3.07. The monoisotopic (exact) mass is 407 g/mol. The van der Waals surface area contributed by atoms with Crippen LogP contribution in [0.25, 0.3) is 0 Å². The van der Waals surface area contributed by atoms with Crippen LogP contribution < -0.4 is 9.64 Å². The van der Waals surface area contributed by atoms with Gasteiger partial charge in [0, 0.05) is 5.69 Å². The molecular weight excluding hydrogens is 382 g/mol. The largest absolute Gasteiger partial charge is 0.476 e. The van der Waals surface area contributed by atoms with Crippen LogP contribution in [-0.2, 0) is 33.3 Å². The van der Waals surface area contributed by atoms with Gasteiger partial charge in [-0.05, 0) is 45.0 Å². The standard InChI is InChI=1S/C20H25NO8/c1-6-28-19(24)20(2,3)29-14-9-7-13(8-10-14)21-12-27-11-15(17(22)25-4)16(21)18(23)26-5/h7-10H,6,11-12H2,1-5H3. The van der Waals surface area contributed by atoms with Crippen molar-refractivity contribution in [2.75, 3.05) is 39.1 Å². The lowest BCUT2D eigenvalue weighted by molar-refractivity contribution is -0.158. The number of rotatable bonds is 7. The molecular formula is C20H25NO8. The van der Waals surface area contributed by atoms with Crippen LogP contribution in [0, 0.1) is 0 Å². The van der Waals surface area contributed by atoms with Crippen LogP contribution in [-0.4, -0.2) is 57.7 Å². The molecule has 9 nitrogen and oxygen atoms in total. The molecule has 0 saturated carbocycles. The fraction of sp³-hybridized carbons (Fsp3) is 0.450. The lowest BCUT2D eigenvalue weighted by atomic mass is 10.1. The number of carbonyl (C=O) groups is 3. The smallest absolute Gasteiger partial charge is 0.355 e. The summed E-state index contributed by atoms with van der Waals surface area (Å²) in [6, 6.07) is 6.61. The molecule has 1 heterocycles. The van der Waals surface area contributed by atoms with Crippen LogP contribution >= 0.6 is 0 Å². The minimum atomic E-state index is -1.17. The predicted molar refractivity (Wildman–Crippen MR) is 102 cm³/mol. The van der Waals surface area contributed by atoms with Crippen molar-refractivity contribution >= 4 is 23.6 Å². The summed E-state index contributed by atoms with van der Waals surface area (Å²) in [7, 11) is 2.45. The normalized spacial score (nSPS) is 14.3. The van der Waals surface area contributed by atoms with Crippen molar-refractivity contribution < 1.29 is 38.1 Å². The number of methoxy groups -OCH3 is 2. The second kappa shape index (κ2) is 9.42. The van der Waals surface area contributed by atoms with Crippen molar-refractivity contribution in [2.24, 2.45) is 0 Å². The zero-order valence-corrected chi connectivity index (χ0v) is 17.1. The first-order valence-corrected chi connectivity index (χ1v) is 8.96. The maximum Gasteiger partial charge on any atom is 0.355 e. The minimum absolute atomic E-state index is 0.0411. The van der Waals surface area contributed by atoms with Gasteiger partial charge in [-0.1, -0.05) is 0 Å². The zero-order chi connectivity index (χ0) is 21.6. The van der Waals surface area contributed by atoms with E-state index in [0.717, 1.165) is 0 Å². The number of hydrogen-bond acceptors (Lipinski definition) is 9. The molecule has 1 aliphatic heterocycles. The Morgan fingerprint density at radius 3 is 2.24 bits per heavy atom. The van der Waals surface area contributed by atoms with Gasteiger partial charge in [0.1, 0.15) is 18.2 Å². The van der Waals surface area contributed by atoms with Crippen LogP contribution in [0.15, 0.2) is 35.5 Å². The summed E-state index contributed by atoms with van der Waals surface area (Å²) < 4.78 is 25.7. The van der Waals surface area contributed by atoms with Crippen LogP contribution in [0.3, 0.4) is 0 Å². The quantitative estimate of drug-likeness (QED) is 0.495. The molecule has 0 bridgehead atoms. The molecule has 0 aromatic heterocycles. The summed E-state index contributed by atoms with van der Waals surface area (Å²) in [4.78, 5) is 37.8. The molecule has 1 aliphatic rings.